The molecule has 2 N–H and O–H groups in total. The van der Waals surface area contributed by atoms with E-state index in [0.29, 0.717) is 17.5 Å². The predicted octanol–water partition coefficient (Wildman–Crippen LogP) is 3.20. The van der Waals surface area contributed by atoms with E-state index in [-0.39, 0.29) is 17.4 Å². The maximum absolute atomic E-state index is 12.8. The fraction of sp³-hybridized carbons (Fsp3) is 0.588. The summed E-state index contributed by atoms with van der Waals surface area (Å²) in [6.07, 6.45) is 2.66. The zero-order valence-electron chi connectivity index (χ0n) is 13.1. The zero-order valence-corrected chi connectivity index (χ0v) is 13.9. The topological polar surface area (TPSA) is 46.3 Å². The van der Waals surface area contributed by atoms with Crippen molar-refractivity contribution in [1.82, 2.24) is 4.90 Å². The van der Waals surface area contributed by atoms with Crippen LogP contribution >= 0.6 is 11.6 Å². The maximum Gasteiger partial charge on any atom is 0.232 e. The van der Waals surface area contributed by atoms with Crippen molar-refractivity contribution in [3.63, 3.8) is 0 Å². The molecule has 0 spiro atoms. The van der Waals surface area contributed by atoms with Gasteiger partial charge in [0.2, 0.25) is 5.91 Å². The molecule has 1 aliphatic carbocycles. The van der Waals surface area contributed by atoms with E-state index in [9.17, 15) is 4.79 Å². The molecule has 1 saturated carbocycles. The van der Waals surface area contributed by atoms with Gasteiger partial charge in [0.15, 0.2) is 0 Å². The molecule has 1 amide bonds. The summed E-state index contributed by atoms with van der Waals surface area (Å²) in [6.45, 7) is 4.93. The van der Waals surface area contributed by atoms with Gasteiger partial charge in [0, 0.05) is 24.7 Å². The third-order valence-corrected chi connectivity index (χ3v) is 4.77. The molecule has 1 unspecified atom stereocenters. The highest BCUT2D eigenvalue weighted by Gasteiger charge is 2.52. The first-order valence-electron chi connectivity index (χ1n) is 7.64. The van der Waals surface area contributed by atoms with Crippen molar-refractivity contribution in [1.29, 1.82) is 0 Å². The van der Waals surface area contributed by atoms with Crippen molar-refractivity contribution in [3.05, 3.63) is 34.9 Å². The van der Waals surface area contributed by atoms with Crippen LogP contribution in [0, 0.1) is 5.92 Å². The van der Waals surface area contributed by atoms with Crippen molar-refractivity contribution >= 4 is 17.5 Å². The summed E-state index contributed by atoms with van der Waals surface area (Å²) in [5.74, 6) is 0.636. The number of nitrogens with zero attached hydrogens (tertiary/aromatic N) is 1. The Hall–Kier alpha value is -1.06. The molecule has 1 aliphatic rings. The molecular formula is C17H25ClN2O. The molecular weight excluding hydrogens is 284 g/mol. The van der Waals surface area contributed by atoms with E-state index in [0.717, 1.165) is 24.8 Å². The Balaban J connectivity index is 2.02. The van der Waals surface area contributed by atoms with Crippen LogP contribution in [-0.4, -0.2) is 30.4 Å². The van der Waals surface area contributed by atoms with Crippen molar-refractivity contribution in [2.45, 2.75) is 44.6 Å². The van der Waals surface area contributed by atoms with Gasteiger partial charge in [-0.25, -0.2) is 0 Å². The average Bonchev–Trinajstić information content (AvgIpc) is 3.25. The van der Waals surface area contributed by atoms with Gasteiger partial charge in [0.05, 0.1) is 5.41 Å². The molecule has 0 heterocycles. The highest BCUT2D eigenvalue weighted by molar-refractivity contribution is 6.30. The lowest BCUT2D eigenvalue weighted by Crippen LogP contribution is -2.39. The van der Waals surface area contributed by atoms with Crippen molar-refractivity contribution in [3.8, 4) is 0 Å². The zero-order chi connectivity index (χ0) is 15.6. The molecule has 116 valence electrons. The van der Waals surface area contributed by atoms with Crippen molar-refractivity contribution in [2.24, 2.45) is 11.7 Å². The molecule has 1 aromatic rings. The van der Waals surface area contributed by atoms with Gasteiger partial charge in [-0.2, -0.15) is 0 Å². The number of rotatable bonds is 6. The largest absolute Gasteiger partial charge is 0.345 e. The van der Waals surface area contributed by atoms with Crippen LogP contribution < -0.4 is 5.73 Å². The Bertz CT molecular complexity index is 511. The standard InChI is InChI=1S/C17H25ClN2O/c1-12(2)15(19)7-10-20(3)16(21)17(8-9-17)13-5-4-6-14(18)11-13/h4-6,11-12,15H,7-10,19H2,1-3H3. The SMILES string of the molecule is CC(C)C(N)CCN(C)C(=O)C1(c2cccc(Cl)c2)CC1. The van der Waals surface area contributed by atoms with E-state index < -0.39 is 0 Å². The van der Waals surface area contributed by atoms with Crippen LogP contribution in [0.5, 0.6) is 0 Å². The van der Waals surface area contributed by atoms with Crippen LogP contribution in [0.3, 0.4) is 0 Å². The molecule has 1 aromatic carbocycles. The number of carbonyl (C=O) groups excluding carboxylic acids is 1. The number of likely N-dealkylation sites (N-methyl/N-ethyl adjacent to an activating group) is 1. The Morgan fingerprint density at radius 3 is 2.62 bits per heavy atom. The summed E-state index contributed by atoms with van der Waals surface area (Å²) in [5, 5.41) is 0.691. The van der Waals surface area contributed by atoms with Crippen molar-refractivity contribution < 1.29 is 4.79 Å². The normalized spacial score (nSPS) is 17.6. The number of benzene rings is 1. The van der Waals surface area contributed by atoms with E-state index >= 15 is 0 Å². The molecule has 0 aromatic heterocycles. The van der Waals surface area contributed by atoms with Gasteiger partial charge in [0.25, 0.3) is 0 Å². The lowest BCUT2D eigenvalue weighted by Gasteiger charge is -2.26. The molecule has 0 aliphatic heterocycles. The fourth-order valence-corrected chi connectivity index (χ4v) is 2.87. The van der Waals surface area contributed by atoms with Gasteiger partial charge in [-0.3, -0.25) is 4.79 Å². The molecule has 1 fully saturated rings. The molecule has 0 radical (unpaired) electrons. The quantitative estimate of drug-likeness (QED) is 0.877. The van der Waals surface area contributed by atoms with Crippen molar-refractivity contribution in [2.75, 3.05) is 13.6 Å². The Kier molecular flexibility index (Phi) is 4.95. The number of amides is 1. The summed E-state index contributed by atoms with van der Waals surface area (Å²) in [6, 6.07) is 7.82. The van der Waals surface area contributed by atoms with Crippen LogP contribution in [0.1, 0.15) is 38.7 Å². The molecule has 21 heavy (non-hydrogen) atoms. The Morgan fingerprint density at radius 2 is 2.10 bits per heavy atom. The predicted molar refractivity (Wildman–Crippen MR) is 87.4 cm³/mol. The maximum atomic E-state index is 12.8. The van der Waals surface area contributed by atoms with Crippen LogP contribution in [-0.2, 0) is 10.2 Å². The number of hydrogen-bond acceptors (Lipinski definition) is 2. The van der Waals surface area contributed by atoms with E-state index in [4.69, 9.17) is 17.3 Å². The molecule has 4 heteroatoms. The number of hydrogen-bond donors (Lipinski definition) is 1. The van der Waals surface area contributed by atoms with Gasteiger partial charge in [-0.05, 0) is 42.9 Å². The van der Waals surface area contributed by atoms with Gasteiger partial charge >= 0.3 is 0 Å². The van der Waals surface area contributed by atoms with Gasteiger partial charge in [-0.1, -0.05) is 37.6 Å². The molecule has 3 nitrogen and oxygen atoms in total. The monoisotopic (exact) mass is 308 g/mol. The minimum atomic E-state index is -0.346. The second kappa shape index (κ2) is 6.37. The minimum absolute atomic E-state index is 0.140. The van der Waals surface area contributed by atoms with E-state index in [1.165, 1.54) is 0 Å². The lowest BCUT2D eigenvalue weighted by atomic mass is 9.94. The van der Waals surface area contributed by atoms with Gasteiger partial charge < -0.3 is 10.6 Å². The van der Waals surface area contributed by atoms with Gasteiger partial charge in [-0.15, -0.1) is 0 Å². The highest BCUT2D eigenvalue weighted by Crippen LogP contribution is 2.49. The van der Waals surface area contributed by atoms with E-state index in [1.807, 2.05) is 36.2 Å². The van der Waals surface area contributed by atoms with Crippen LogP contribution in [0.2, 0.25) is 5.02 Å². The summed E-state index contributed by atoms with van der Waals surface area (Å²) in [4.78, 5) is 14.6. The molecule has 0 bridgehead atoms. The minimum Gasteiger partial charge on any atom is -0.345 e. The second-order valence-electron chi connectivity index (χ2n) is 6.52. The summed E-state index contributed by atoms with van der Waals surface area (Å²) >= 11 is 6.06. The fourth-order valence-electron chi connectivity index (χ4n) is 2.68. The van der Waals surface area contributed by atoms with Crippen LogP contribution in [0.15, 0.2) is 24.3 Å². The van der Waals surface area contributed by atoms with Crippen LogP contribution in [0.4, 0.5) is 0 Å². The molecule has 2 rings (SSSR count). The first-order chi connectivity index (χ1) is 9.86. The van der Waals surface area contributed by atoms with Gasteiger partial charge in [0.1, 0.15) is 0 Å². The summed E-state index contributed by atoms with van der Waals surface area (Å²) in [7, 11) is 1.87. The average molecular weight is 309 g/mol. The molecule has 0 saturated heterocycles. The third-order valence-electron chi connectivity index (χ3n) is 4.54. The third kappa shape index (κ3) is 3.58. The highest BCUT2D eigenvalue weighted by atomic mass is 35.5. The summed E-state index contributed by atoms with van der Waals surface area (Å²) in [5.41, 5.74) is 6.76. The Morgan fingerprint density at radius 1 is 1.43 bits per heavy atom. The Labute approximate surface area is 132 Å². The smallest absolute Gasteiger partial charge is 0.232 e. The molecule has 1 atom stereocenters. The van der Waals surface area contributed by atoms with E-state index in [2.05, 4.69) is 13.8 Å². The first kappa shape index (κ1) is 16.3. The summed E-state index contributed by atoms with van der Waals surface area (Å²) < 4.78 is 0. The number of carbonyl (C=O) groups is 1. The van der Waals surface area contributed by atoms with Crippen LogP contribution in [0.25, 0.3) is 0 Å². The second-order valence-corrected chi connectivity index (χ2v) is 6.95. The first-order valence-corrected chi connectivity index (χ1v) is 8.02. The van der Waals surface area contributed by atoms with E-state index in [1.54, 1.807) is 0 Å². The number of halogens is 1. The number of nitrogens with two attached hydrogens (primary N) is 1. The lowest BCUT2D eigenvalue weighted by molar-refractivity contribution is -0.132.